The van der Waals surface area contributed by atoms with Crippen molar-refractivity contribution in [3.8, 4) is 0 Å². The highest BCUT2D eigenvalue weighted by Gasteiger charge is 2.39. The quantitative estimate of drug-likeness (QED) is 0.169. The third kappa shape index (κ3) is 9.04. The van der Waals surface area contributed by atoms with E-state index in [4.69, 9.17) is 17.2 Å². The Kier molecular flexibility index (Phi) is 10.7. The molecular weight excluding hydrogens is 436 g/mol. The molecule has 1 fully saturated rings. The third-order valence-corrected chi connectivity index (χ3v) is 5.22. The van der Waals surface area contributed by atoms with E-state index in [2.05, 4.69) is 10.6 Å². The molecule has 0 aromatic rings. The Balaban J connectivity index is 2.93. The number of carbonyl (C=O) groups excluding carboxylic acids is 5. The second kappa shape index (κ2) is 12.7. The Hall–Kier alpha value is -3.22. The zero-order valence-electron chi connectivity index (χ0n) is 18.9. The monoisotopic (exact) mass is 470 g/mol. The molecule has 1 aliphatic heterocycles. The molecule has 4 atom stereocenters. The van der Waals surface area contributed by atoms with E-state index in [1.54, 1.807) is 0 Å². The molecule has 1 rings (SSSR count). The van der Waals surface area contributed by atoms with Gasteiger partial charge in [0.2, 0.25) is 29.5 Å². The average Bonchev–Trinajstić information content (AvgIpc) is 3.19. The zero-order chi connectivity index (χ0) is 25.3. The van der Waals surface area contributed by atoms with Crippen LogP contribution in [-0.4, -0.2) is 76.2 Å². The van der Waals surface area contributed by atoms with Crippen LogP contribution in [0.1, 0.15) is 52.4 Å². The number of carbonyl (C=O) groups is 6. The van der Waals surface area contributed by atoms with Crippen molar-refractivity contribution in [2.75, 3.05) is 6.54 Å². The molecule has 13 nitrogen and oxygen atoms in total. The third-order valence-electron chi connectivity index (χ3n) is 5.22. The lowest BCUT2D eigenvalue weighted by Gasteiger charge is -2.30. The summed E-state index contributed by atoms with van der Waals surface area (Å²) in [5.74, 6) is -4.75. The molecule has 0 radical (unpaired) electrons. The van der Waals surface area contributed by atoms with Crippen molar-refractivity contribution in [3.63, 3.8) is 0 Å². The van der Waals surface area contributed by atoms with Gasteiger partial charge in [-0.2, -0.15) is 0 Å². The van der Waals surface area contributed by atoms with Gasteiger partial charge in [-0.3, -0.25) is 24.0 Å². The number of nitrogens with zero attached hydrogens (tertiary/aromatic N) is 1. The van der Waals surface area contributed by atoms with Gasteiger partial charge >= 0.3 is 5.97 Å². The van der Waals surface area contributed by atoms with Crippen LogP contribution < -0.4 is 27.8 Å². The maximum Gasteiger partial charge on any atom is 0.326 e. The van der Waals surface area contributed by atoms with E-state index >= 15 is 0 Å². The summed E-state index contributed by atoms with van der Waals surface area (Å²) in [6.07, 6.45) is 0.421. The van der Waals surface area contributed by atoms with E-state index in [0.29, 0.717) is 12.8 Å². The number of hydrogen-bond acceptors (Lipinski definition) is 7. The summed E-state index contributed by atoms with van der Waals surface area (Å²) in [4.78, 5) is 73.0. The fraction of sp³-hybridized carbons (Fsp3) is 0.700. The van der Waals surface area contributed by atoms with Crippen LogP contribution in [0.15, 0.2) is 0 Å². The first-order chi connectivity index (χ1) is 15.3. The van der Waals surface area contributed by atoms with Crippen LogP contribution in [-0.2, 0) is 28.8 Å². The minimum absolute atomic E-state index is 0.0166. The maximum atomic E-state index is 13.2. The second-order valence-electron chi connectivity index (χ2n) is 8.56. The molecule has 13 heteroatoms. The molecule has 9 N–H and O–H groups in total. The van der Waals surface area contributed by atoms with Gasteiger partial charge in [-0.15, -0.1) is 0 Å². The molecule has 0 bridgehead atoms. The van der Waals surface area contributed by atoms with E-state index in [-0.39, 0.29) is 31.7 Å². The second-order valence-corrected chi connectivity index (χ2v) is 8.56. The largest absolute Gasteiger partial charge is 0.480 e. The minimum atomic E-state index is -1.51. The van der Waals surface area contributed by atoms with E-state index < -0.39 is 66.1 Å². The van der Waals surface area contributed by atoms with Gasteiger partial charge in [0.1, 0.15) is 18.1 Å². The van der Waals surface area contributed by atoms with Crippen molar-refractivity contribution in [2.24, 2.45) is 23.1 Å². The smallest absolute Gasteiger partial charge is 0.326 e. The Bertz CT molecular complexity index is 772. The summed E-state index contributed by atoms with van der Waals surface area (Å²) >= 11 is 0. The molecule has 0 spiro atoms. The summed E-state index contributed by atoms with van der Waals surface area (Å²) < 4.78 is 0. The van der Waals surface area contributed by atoms with Crippen molar-refractivity contribution in [2.45, 2.75) is 76.5 Å². The Labute approximate surface area is 191 Å². The van der Waals surface area contributed by atoms with Crippen LogP contribution in [0.25, 0.3) is 0 Å². The van der Waals surface area contributed by atoms with Crippen LogP contribution >= 0.6 is 0 Å². The summed E-state index contributed by atoms with van der Waals surface area (Å²) in [6.45, 7) is 3.95. The fourth-order valence-electron chi connectivity index (χ4n) is 3.57. The number of nitrogens with two attached hydrogens (primary N) is 3. The molecule has 1 saturated heterocycles. The molecular formula is C20H34N6O7. The Morgan fingerprint density at radius 1 is 1.03 bits per heavy atom. The lowest BCUT2D eigenvalue weighted by atomic mass is 10.0. The highest BCUT2D eigenvalue weighted by molar-refractivity contribution is 5.95. The van der Waals surface area contributed by atoms with Crippen molar-refractivity contribution in [1.82, 2.24) is 15.5 Å². The first kappa shape index (κ1) is 27.8. The molecule has 0 aromatic heterocycles. The first-order valence-electron chi connectivity index (χ1n) is 10.8. The average molecular weight is 471 g/mol. The summed E-state index contributed by atoms with van der Waals surface area (Å²) in [5, 5.41) is 14.1. The number of aliphatic carboxylic acids is 1. The van der Waals surface area contributed by atoms with E-state index in [0.717, 1.165) is 0 Å². The van der Waals surface area contributed by atoms with Gasteiger partial charge in [0, 0.05) is 13.0 Å². The van der Waals surface area contributed by atoms with Crippen molar-refractivity contribution < 1.29 is 33.9 Å². The normalized spacial score (nSPS) is 18.3. The Morgan fingerprint density at radius 3 is 2.18 bits per heavy atom. The molecule has 5 amide bonds. The van der Waals surface area contributed by atoms with Crippen LogP contribution in [0.3, 0.4) is 0 Å². The van der Waals surface area contributed by atoms with Crippen LogP contribution in [0.4, 0.5) is 0 Å². The van der Waals surface area contributed by atoms with Crippen molar-refractivity contribution >= 4 is 35.5 Å². The maximum absolute atomic E-state index is 13.2. The lowest BCUT2D eigenvalue weighted by Crippen LogP contribution is -2.57. The summed E-state index contributed by atoms with van der Waals surface area (Å²) in [7, 11) is 0. The molecule has 0 saturated carbocycles. The zero-order valence-corrected chi connectivity index (χ0v) is 18.9. The fourth-order valence-corrected chi connectivity index (χ4v) is 3.57. The van der Waals surface area contributed by atoms with Crippen LogP contribution in [0, 0.1) is 5.92 Å². The van der Waals surface area contributed by atoms with Crippen LogP contribution in [0.2, 0.25) is 0 Å². The molecule has 1 heterocycles. The number of hydrogen-bond donors (Lipinski definition) is 6. The number of likely N-dealkylation sites (tertiary alicyclic amines) is 1. The van der Waals surface area contributed by atoms with Crippen molar-refractivity contribution in [3.05, 3.63) is 0 Å². The number of carboxylic acid groups (broad SMARTS) is 1. The number of rotatable bonds is 13. The lowest BCUT2D eigenvalue weighted by molar-refractivity contribution is -0.146. The van der Waals surface area contributed by atoms with Crippen LogP contribution in [0.5, 0.6) is 0 Å². The Morgan fingerprint density at radius 2 is 1.67 bits per heavy atom. The van der Waals surface area contributed by atoms with Gasteiger partial charge in [-0.25, -0.2) is 4.79 Å². The molecule has 0 aliphatic carbocycles. The summed E-state index contributed by atoms with van der Waals surface area (Å²) in [5.41, 5.74) is 15.9. The number of primary amides is 2. The van der Waals surface area contributed by atoms with Gasteiger partial charge < -0.3 is 37.8 Å². The summed E-state index contributed by atoms with van der Waals surface area (Å²) in [6, 6.07) is -4.47. The topological polar surface area (TPSA) is 228 Å². The minimum Gasteiger partial charge on any atom is -0.480 e. The first-order valence-corrected chi connectivity index (χ1v) is 10.8. The number of amides is 5. The molecule has 186 valence electrons. The molecule has 4 unspecified atom stereocenters. The highest BCUT2D eigenvalue weighted by atomic mass is 16.4. The molecule has 33 heavy (non-hydrogen) atoms. The SMILES string of the molecule is CC(C)CC(NC(=O)C(N)CCC(N)=O)C(=O)N1CCCC1C(=O)NC(CC(N)=O)C(=O)O. The number of carboxylic acids is 1. The van der Waals surface area contributed by atoms with E-state index in [1.165, 1.54) is 4.90 Å². The molecule has 1 aliphatic rings. The van der Waals surface area contributed by atoms with Gasteiger partial charge in [-0.05, 0) is 31.6 Å². The predicted octanol–water partition coefficient (Wildman–Crippen LogP) is -2.45. The highest BCUT2D eigenvalue weighted by Crippen LogP contribution is 2.21. The van der Waals surface area contributed by atoms with E-state index in [9.17, 15) is 33.9 Å². The van der Waals surface area contributed by atoms with Gasteiger partial charge in [-0.1, -0.05) is 13.8 Å². The van der Waals surface area contributed by atoms with Gasteiger partial charge in [0.25, 0.3) is 0 Å². The molecule has 0 aromatic carbocycles. The van der Waals surface area contributed by atoms with E-state index in [1.807, 2.05) is 13.8 Å². The van der Waals surface area contributed by atoms with Gasteiger partial charge in [0.05, 0.1) is 12.5 Å². The predicted molar refractivity (Wildman–Crippen MR) is 116 cm³/mol. The number of nitrogens with one attached hydrogen (secondary N) is 2. The van der Waals surface area contributed by atoms with Gasteiger partial charge in [0.15, 0.2) is 0 Å². The van der Waals surface area contributed by atoms with Crippen molar-refractivity contribution in [1.29, 1.82) is 0 Å². The standard InChI is InChI=1S/C20H34N6O7/c1-10(2)8-12(24-17(29)11(21)5-6-15(22)27)19(31)26-7-3-4-14(26)18(30)25-13(20(32)33)9-16(23)28/h10-14H,3-9,21H2,1-2H3,(H2,22,27)(H2,23,28)(H,24,29)(H,25,30)(H,32,33).